The molecule has 1 N–H and O–H groups in total. The van der Waals surface area contributed by atoms with Gasteiger partial charge in [0.1, 0.15) is 0 Å². The van der Waals surface area contributed by atoms with Gasteiger partial charge in [-0.15, -0.1) is 0 Å². The van der Waals surface area contributed by atoms with Gasteiger partial charge in [0.15, 0.2) is 0 Å². The lowest BCUT2D eigenvalue weighted by atomic mass is 10.0. The monoisotopic (exact) mass is 507 g/mol. The van der Waals surface area contributed by atoms with Gasteiger partial charge in [0.05, 0.1) is 0 Å². The van der Waals surface area contributed by atoms with E-state index >= 15 is 0 Å². The summed E-state index contributed by atoms with van der Waals surface area (Å²) in [4.78, 5) is 0. The normalized spacial score (nSPS) is 14.1. The molecule has 1 aliphatic rings. The fraction of sp³-hybridized carbons (Fsp3) is 0.105. The van der Waals surface area contributed by atoms with E-state index in [1.165, 1.54) is 33.4 Å². The lowest BCUT2D eigenvalue weighted by molar-refractivity contribution is 1.25. The van der Waals surface area contributed by atoms with Crippen LogP contribution in [-0.4, -0.2) is 0 Å². The van der Waals surface area contributed by atoms with Gasteiger partial charge in [-0.25, -0.2) is 0 Å². The first-order chi connectivity index (χ1) is 19.3. The van der Waals surface area contributed by atoms with E-state index in [0.29, 0.717) is 0 Å². The summed E-state index contributed by atoms with van der Waals surface area (Å²) in [5.74, 6) is 0. The Bertz CT molecular complexity index is 1400. The zero-order valence-electron chi connectivity index (χ0n) is 22.7. The van der Waals surface area contributed by atoms with E-state index < -0.39 is 0 Å². The summed E-state index contributed by atoms with van der Waals surface area (Å²) in [6.07, 6.45) is 33.1. The molecule has 0 fully saturated rings. The first-order valence-electron chi connectivity index (χ1n) is 13.7. The highest BCUT2D eigenvalue weighted by atomic mass is 14.8. The first-order valence-corrected chi connectivity index (χ1v) is 13.7. The molecule has 0 unspecified atom stereocenters. The van der Waals surface area contributed by atoms with Crippen molar-refractivity contribution >= 4 is 17.3 Å². The Kier molecular flexibility index (Phi) is 11.0. The highest BCUT2D eigenvalue weighted by molar-refractivity contribution is 5.76. The Morgan fingerprint density at radius 1 is 0.795 bits per heavy atom. The third-order valence-electron chi connectivity index (χ3n) is 6.39. The van der Waals surface area contributed by atoms with Crippen LogP contribution in [0.2, 0.25) is 0 Å². The Labute approximate surface area is 234 Å². The van der Waals surface area contributed by atoms with Gasteiger partial charge in [-0.2, -0.15) is 0 Å². The zero-order valence-corrected chi connectivity index (χ0v) is 22.7. The predicted molar refractivity (Wildman–Crippen MR) is 172 cm³/mol. The quantitative estimate of drug-likeness (QED) is 0.201. The smallest absolute Gasteiger partial charge is 0.0380 e. The molecule has 0 aromatic heterocycles. The number of nitrogens with one attached hydrogen (secondary N) is 1. The molecule has 0 amide bonds. The maximum atomic E-state index is 3.39. The van der Waals surface area contributed by atoms with Crippen molar-refractivity contribution < 1.29 is 0 Å². The van der Waals surface area contributed by atoms with Crippen LogP contribution >= 0.6 is 0 Å². The van der Waals surface area contributed by atoms with E-state index in [1.807, 2.05) is 12.3 Å². The predicted octanol–water partition coefficient (Wildman–Crippen LogP) is 10.7. The SMILES string of the molecule is CC=CC/C=C\CC(/C=C\c1ccc(C2=CC=CCC=C2)cc1)=C/C=C/Nc1ccc(-c2ccccc2)cc1. The van der Waals surface area contributed by atoms with Crippen LogP contribution in [0.5, 0.6) is 0 Å². The van der Waals surface area contributed by atoms with E-state index in [4.69, 9.17) is 0 Å². The second-order valence-electron chi connectivity index (χ2n) is 9.31. The molecule has 0 saturated heterocycles. The van der Waals surface area contributed by atoms with Crippen LogP contribution in [-0.2, 0) is 0 Å². The lowest BCUT2D eigenvalue weighted by Crippen LogP contribution is -1.87. The van der Waals surface area contributed by atoms with Gasteiger partial charge in [0.2, 0.25) is 0 Å². The van der Waals surface area contributed by atoms with Crippen LogP contribution in [0.3, 0.4) is 0 Å². The molecule has 0 atom stereocenters. The van der Waals surface area contributed by atoms with Gasteiger partial charge in [-0.1, -0.05) is 140 Å². The molecule has 1 heteroatoms. The van der Waals surface area contributed by atoms with Gasteiger partial charge in [0, 0.05) is 11.9 Å². The van der Waals surface area contributed by atoms with Crippen molar-refractivity contribution in [2.75, 3.05) is 5.32 Å². The van der Waals surface area contributed by atoms with E-state index in [0.717, 1.165) is 24.9 Å². The van der Waals surface area contributed by atoms with Crippen molar-refractivity contribution in [3.05, 3.63) is 175 Å². The average molecular weight is 508 g/mol. The van der Waals surface area contributed by atoms with Gasteiger partial charge in [0.25, 0.3) is 0 Å². The number of rotatable bonds is 11. The minimum atomic E-state index is 0.881. The molecule has 194 valence electrons. The summed E-state index contributed by atoms with van der Waals surface area (Å²) in [5, 5.41) is 3.39. The third kappa shape index (κ3) is 9.32. The van der Waals surface area contributed by atoms with Crippen molar-refractivity contribution in [1.82, 2.24) is 0 Å². The lowest BCUT2D eigenvalue weighted by Gasteiger charge is -2.04. The molecule has 39 heavy (non-hydrogen) atoms. The van der Waals surface area contributed by atoms with E-state index in [1.54, 1.807) is 0 Å². The fourth-order valence-electron chi connectivity index (χ4n) is 4.19. The molecule has 0 bridgehead atoms. The number of anilines is 1. The summed E-state index contributed by atoms with van der Waals surface area (Å²) in [6, 6.07) is 27.7. The summed E-state index contributed by atoms with van der Waals surface area (Å²) >= 11 is 0. The van der Waals surface area contributed by atoms with Gasteiger partial charge < -0.3 is 5.32 Å². The molecule has 3 aromatic rings. The molecule has 0 saturated carbocycles. The average Bonchev–Trinajstić information content (AvgIpc) is 3.28. The molecule has 0 radical (unpaired) electrons. The maximum absolute atomic E-state index is 3.39. The number of hydrogen-bond acceptors (Lipinski definition) is 1. The second-order valence-corrected chi connectivity index (χ2v) is 9.31. The van der Waals surface area contributed by atoms with Crippen molar-refractivity contribution in [1.29, 1.82) is 0 Å². The largest absolute Gasteiger partial charge is 0.362 e. The molecule has 0 spiro atoms. The van der Waals surface area contributed by atoms with Crippen LogP contribution in [0.4, 0.5) is 5.69 Å². The topological polar surface area (TPSA) is 12.0 Å². The molecule has 0 heterocycles. The summed E-state index contributed by atoms with van der Waals surface area (Å²) in [7, 11) is 0. The highest BCUT2D eigenvalue weighted by Gasteiger charge is 1.99. The van der Waals surface area contributed by atoms with E-state index in [2.05, 4.69) is 164 Å². The summed E-state index contributed by atoms with van der Waals surface area (Å²) in [6.45, 7) is 2.06. The number of allylic oxidation sites excluding steroid dienone is 14. The molecular weight excluding hydrogens is 470 g/mol. The van der Waals surface area contributed by atoms with Crippen molar-refractivity contribution in [3.8, 4) is 11.1 Å². The zero-order chi connectivity index (χ0) is 27.0. The minimum Gasteiger partial charge on any atom is -0.362 e. The van der Waals surface area contributed by atoms with Gasteiger partial charge >= 0.3 is 0 Å². The standard InChI is InChI=1S/C38H37N/c1-2-3-4-5-9-15-32(21-22-33-23-25-36(26-24-33)34-17-10-6-7-11-18-34)16-14-31-39-38-29-27-37(28-30-38)35-19-12-8-13-20-35/h2-3,5-6,8-14,16-31,39H,4,7,15H2,1H3/b3-2?,9-5-,22-21-,31-14+,32-16-. The first kappa shape index (κ1) is 27.4. The molecular formula is C38H37N. The highest BCUT2D eigenvalue weighted by Crippen LogP contribution is 2.22. The summed E-state index contributed by atoms with van der Waals surface area (Å²) in [5.41, 5.74) is 8.43. The van der Waals surface area contributed by atoms with Crippen LogP contribution in [0, 0.1) is 0 Å². The van der Waals surface area contributed by atoms with Gasteiger partial charge in [-0.05, 0) is 77.8 Å². The van der Waals surface area contributed by atoms with Crippen molar-refractivity contribution in [2.45, 2.75) is 26.2 Å². The van der Waals surface area contributed by atoms with Gasteiger partial charge in [-0.3, -0.25) is 0 Å². The molecule has 4 rings (SSSR count). The Balaban J connectivity index is 1.40. The Morgan fingerprint density at radius 3 is 2.36 bits per heavy atom. The molecule has 3 aromatic carbocycles. The Hall–Kier alpha value is -4.62. The van der Waals surface area contributed by atoms with E-state index in [9.17, 15) is 0 Å². The van der Waals surface area contributed by atoms with Crippen LogP contribution in [0.1, 0.15) is 37.3 Å². The van der Waals surface area contributed by atoms with E-state index in [-0.39, 0.29) is 0 Å². The Morgan fingerprint density at radius 2 is 1.56 bits per heavy atom. The van der Waals surface area contributed by atoms with Crippen molar-refractivity contribution in [2.24, 2.45) is 0 Å². The second kappa shape index (κ2) is 15.6. The third-order valence-corrected chi connectivity index (χ3v) is 6.39. The fourth-order valence-corrected chi connectivity index (χ4v) is 4.19. The van der Waals surface area contributed by atoms with Crippen LogP contribution in [0.25, 0.3) is 22.8 Å². The molecule has 1 aliphatic carbocycles. The summed E-state index contributed by atoms with van der Waals surface area (Å²) < 4.78 is 0. The molecule has 0 aliphatic heterocycles. The number of hydrogen-bond donors (Lipinski definition) is 1. The number of benzene rings is 3. The van der Waals surface area contributed by atoms with Crippen molar-refractivity contribution in [3.63, 3.8) is 0 Å². The minimum absolute atomic E-state index is 0.881. The molecule has 1 nitrogen and oxygen atoms in total. The van der Waals surface area contributed by atoms with Crippen LogP contribution < -0.4 is 5.32 Å². The maximum Gasteiger partial charge on any atom is 0.0380 e. The van der Waals surface area contributed by atoms with Crippen LogP contribution in [0.15, 0.2) is 164 Å².